The van der Waals surface area contributed by atoms with Crippen LogP contribution >= 0.6 is 0 Å². The molecule has 1 aliphatic rings. The highest BCUT2D eigenvalue weighted by molar-refractivity contribution is 5.74. The lowest BCUT2D eigenvalue weighted by Gasteiger charge is -2.26. The number of nitrogens with zero attached hydrogens (tertiary/aromatic N) is 5. The van der Waals surface area contributed by atoms with Crippen molar-refractivity contribution in [3.63, 3.8) is 0 Å². The Morgan fingerprint density at radius 1 is 1.22 bits per heavy atom. The van der Waals surface area contributed by atoms with Crippen LogP contribution in [0, 0.1) is 0 Å². The molecule has 0 saturated heterocycles. The van der Waals surface area contributed by atoms with E-state index in [-0.39, 0.29) is 12.1 Å². The summed E-state index contributed by atoms with van der Waals surface area (Å²) in [6.45, 7) is 4.29. The summed E-state index contributed by atoms with van der Waals surface area (Å²) in [7, 11) is 0. The number of imidazole rings is 1. The number of anilines is 1. The predicted molar refractivity (Wildman–Crippen MR) is 105 cm³/mol. The van der Waals surface area contributed by atoms with E-state index < -0.39 is 0 Å². The Hall–Kier alpha value is -2.54. The Labute approximate surface area is 158 Å². The fourth-order valence-electron chi connectivity index (χ4n) is 3.71. The maximum absolute atomic E-state index is 9.84. The smallest absolute Gasteiger partial charge is 0.223 e. The van der Waals surface area contributed by atoms with Crippen LogP contribution in [0.25, 0.3) is 11.0 Å². The average molecular weight is 366 g/mol. The molecule has 0 bridgehead atoms. The first-order chi connectivity index (χ1) is 13.1. The van der Waals surface area contributed by atoms with Gasteiger partial charge >= 0.3 is 0 Å². The second-order valence-electron chi connectivity index (χ2n) is 7.62. The lowest BCUT2D eigenvalue weighted by Crippen LogP contribution is -2.30. The van der Waals surface area contributed by atoms with Crippen LogP contribution < -0.4 is 5.32 Å². The number of hydrogen-bond acceptors (Lipinski definition) is 6. The normalized spacial score (nSPS) is 20.3. The molecule has 4 rings (SSSR count). The maximum atomic E-state index is 9.84. The molecule has 0 amide bonds. The van der Waals surface area contributed by atoms with Crippen molar-refractivity contribution < 1.29 is 5.11 Å². The Bertz CT molecular complexity index is 922. The molecule has 1 aliphatic carbocycles. The Kier molecular flexibility index (Phi) is 5.03. The summed E-state index contributed by atoms with van der Waals surface area (Å²) in [5, 5.41) is 13.2. The van der Waals surface area contributed by atoms with Crippen molar-refractivity contribution in [1.29, 1.82) is 0 Å². The molecule has 0 radical (unpaired) electrons. The third-order valence-electron chi connectivity index (χ3n) is 5.13. The molecule has 142 valence electrons. The highest BCUT2D eigenvalue weighted by Crippen LogP contribution is 2.22. The second-order valence-corrected chi connectivity index (χ2v) is 7.62. The molecule has 3 aromatic rings. The first-order valence-corrected chi connectivity index (χ1v) is 9.66. The monoisotopic (exact) mass is 366 g/mol. The molecule has 2 N–H and O–H groups in total. The van der Waals surface area contributed by atoms with Gasteiger partial charge in [-0.3, -0.25) is 4.98 Å². The lowest BCUT2D eigenvalue weighted by molar-refractivity contribution is 0.124. The zero-order valence-electron chi connectivity index (χ0n) is 15.8. The molecule has 1 saturated carbocycles. The quantitative estimate of drug-likeness (QED) is 0.721. The Balaban J connectivity index is 1.51. The molecule has 7 nitrogen and oxygen atoms in total. The van der Waals surface area contributed by atoms with Crippen molar-refractivity contribution >= 4 is 17.0 Å². The highest BCUT2D eigenvalue weighted by Gasteiger charge is 2.20. The number of fused-ring (bicyclic) bond motifs is 1. The van der Waals surface area contributed by atoms with Crippen LogP contribution in [-0.2, 0) is 6.42 Å². The predicted octanol–water partition coefficient (Wildman–Crippen LogP) is 3.11. The number of aliphatic hydroxyl groups excluding tert-OH is 1. The van der Waals surface area contributed by atoms with Gasteiger partial charge in [0.1, 0.15) is 5.52 Å². The third kappa shape index (κ3) is 4.08. The molecule has 7 heteroatoms. The van der Waals surface area contributed by atoms with E-state index in [1.54, 1.807) is 6.20 Å². The minimum Gasteiger partial charge on any atom is -0.393 e. The summed E-state index contributed by atoms with van der Waals surface area (Å²) in [4.78, 5) is 17.9. The first-order valence-electron chi connectivity index (χ1n) is 9.66. The Morgan fingerprint density at radius 3 is 2.93 bits per heavy atom. The largest absolute Gasteiger partial charge is 0.393 e. The minimum atomic E-state index is -0.221. The molecule has 0 aromatic carbocycles. The molecular weight excluding hydrogens is 340 g/mol. The summed E-state index contributed by atoms with van der Waals surface area (Å²) < 4.78 is 2.15. The van der Waals surface area contributed by atoms with Gasteiger partial charge in [-0.05, 0) is 51.7 Å². The summed E-state index contributed by atoms with van der Waals surface area (Å²) in [5.74, 6) is 0.625. The number of hydrogen-bond donors (Lipinski definition) is 2. The molecule has 3 heterocycles. The molecular formula is C20H26N6O. The zero-order chi connectivity index (χ0) is 18.8. The van der Waals surface area contributed by atoms with Gasteiger partial charge < -0.3 is 15.0 Å². The Morgan fingerprint density at radius 2 is 2.11 bits per heavy atom. The molecule has 0 aliphatic heterocycles. The highest BCUT2D eigenvalue weighted by atomic mass is 16.3. The van der Waals surface area contributed by atoms with E-state index in [4.69, 9.17) is 0 Å². The van der Waals surface area contributed by atoms with Crippen LogP contribution in [0.3, 0.4) is 0 Å². The SMILES string of the molecule is CC(C)n1cnc2cnc(Cc3ccnc(NC4CCCC(O)C4)n3)cc21. The van der Waals surface area contributed by atoms with Crippen molar-refractivity contribution in [2.45, 2.75) is 64.1 Å². The van der Waals surface area contributed by atoms with E-state index in [0.717, 1.165) is 48.1 Å². The van der Waals surface area contributed by atoms with Crippen LogP contribution in [0.1, 0.15) is 57.0 Å². The molecule has 0 spiro atoms. The number of aliphatic hydroxyl groups is 1. The fraction of sp³-hybridized carbons (Fsp3) is 0.500. The van der Waals surface area contributed by atoms with Crippen LogP contribution in [0.5, 0.6) is 0 Å². The number of pyridine rings is 1. The van der Waals surface area contributed by atoms with Gasteiger partial charge in [-0.25, -0.2) is 15.0 Å². The number of rotatable bonds is 5. The van der Waals surface area contributed by atoms with Crippen molar-refractivity contribution in [3.8, 4) is 0 Å². The van der Waals surface area contributed by atoms with Gasteiger partial charge in [-0.15, -0.1) is 0 Å². The fourth-order valence-corrected chi connectivity index (χ4v) is 3.71. The van der Waals surface area contributed by atoms with E-state index in [2.05, 4.69) is 49.7 Å². The summed E-state index contributed by atoms with van der Waals surface area (Å²) in [5.41, 5.74) is 3.89. The molecule has 2 atom stereocenters. The summed E-state index contributed by atoms with van der Waals surface area (Å²) >= 11 is 0. The maximum Gasteiger partial charge on any atom is 0.223 e. The van der Waals surface area contributed by atoms with Gasteiger partial charge in [0, 0.05) is 30.4 Å². The van der Waals surface area contributed by atoms with Gasteiger partial charge in [-0.1, -0.05) is 0 Å². The molecule has 3 aromatic heterocycles. The van der Waals surface area contributed by atoms with Gasteiger partial charge in [0.25, 0.3) is 0 Å². The van der Waals surface area contributed by atoms with Crippen LogP contribution in [0.4, 0.5) is 5.95 Å². The number of aromatic nitrogens is 5. The average Bonchev–Trinajstić information content (AvgIpc) is 3.05. The molecule has 1 fully saturated rings. The van der Waals surface area contributed by atoms with E-state index in [1.165, 1.54) is 0 Å². The zero-order valence-corrected chi connectivity index (χ0v) is 15.8. The second kappa shape index (κ2) is 7.60. The van der Waals surface area contributed by atoms with Crippen molar-refractivity contribution in [3.05, 3.63) is 42.2 Å². The van der Waals surface area contributed by atoms with Gasteiger partial charge in [0.2, 0.25) is 5.95 Å². The first kappa shape index (κ1) is 17.9. The molecule has 2 unspecified atom stereocenters. The van der Waals surface area contributed by atoms with Crippen LogP contribution in [-0.4, -0.2) is 41.8 Å². The third-order valence-corrected chi connectivity index (χ3v) is 5.13. The lowest BCUT2D eigenvalue weighted by atomic mass is 9.93. The van der Waals surface area contributed by atoms with E-state index in [0.29, 0.717) is 18.4 Å². The van der Waals surface area contributed by atoms with E-state index >= 15 is 0 Å². The van der Waals surface area contributed by atoms with E-state index in [9.17, 15) is 5.11 Å². The van der Waals surface area contributed by atoms with Gasteiger partial charge in [0.05, 0.1) is 29.8 Å². The minimum absolute atomic E-state index is 0.221. The van der Waals surface area contributed by atoms with E-state index in [1.807, 2.05) is 18.6 Å². The summed E-state index contributed by atoms with van der Waals surface area (Å²) in [6, 6.07) is 4.60. The summed E-state index contributed by atoms with van der Waals surface area (Å²) in [6.07, 6.45) is 9.62. The number of nitrogens with one attached hydrogen (secondary N) is 1. The van der Waals surface area contributed by atoms with Crippen molar-refractivity contribution in [2.24, 2.45) is 0 Å². The van der Waals surface area contributed by atoms with Crippen molar-refractivity contribution in [1.82, 2.24) is 24.5 Å². The van der Waals surface area contributed by atoms with Crippen LogP contribution in [0.15, 0.2) is 30.9 Å². The topological polar surface area (TPSA) is 88.8 Å². The van der Waals surface area contributed by atoms with Crippen LogP contribution in [0.2, 0.25) is 0 Å². The van der Waals surface area contributed by atoms with Crippen molar-refractivity contribution in [2.75, 3.05) is 5.32 Å². The van der Waals surface area contributed by atoms with Gasteiger partial charge in [0.15, 0.2) is 0 Å². The van der Waals surface area contributed by atoms with Gasteiger partial charge in [-0.2, -0.15) is 0 Å². The molecule has 27 heavy (non-hydrogen) atoms. The standard InChI is InChI=1S/C20H26N6O/c1-13(2)26-12-23-18-11-22-16(10-19(18)26)8-15-6-7-21-20(25-15)24-14-4-3-5-17(27)9-14/h6-7,10-14,17,27H,3-5,8-9H2,1-2H3,(H,21,24,25).